The topological polar surface area (TPSA) is 60.2 Å². The molecule has 2 heterocycles. The zero-order valence-corrected chi connectivity index (χ0v) is 8.49. The normalized spacial score (nSPS) is 17.4. The third-order valence-corrected chi connectivity index (χ3v) is 2.16. The molecule has 5 nitrogen and oxygen atoms in total. The minimum atomic E-state index is 0.279. The minimum Gasteiger partial charge on any atom is -0.422 e. The van der Waals surface area contributed by atoms with E-state index in [-0.39, 0.29) is 5.92 Å². The van der Waals surface area contributed by atoms with Gasteiger partial charge in [-0.05, 0) is 0 Å². The number of hydrogen-bond donors (Lipinski definition) is 1. The van der Waals surface area contributed by atoms with Gasteiger partial charge in [0, 0.05) is 19.0 Å². The summed E-state index contributed by atoms with van der Waals surface area (Å²) in [5, 5.41) is 11.0. The predicted molar refractivity (Wildman–Crippen MR) is 49.8 cm³/mol. The van der Waals surface area contributed by atoms with E-state index in [2.05, 4.69) is 15.5 Å². The number of aromatic nitrogens is 2. The molecule has 1 fully saturated rings. The molecule has 1 aromatic heterocycles. The molecule has 1 saturated heterocycles. The molecule has 0 aromatic carbocycles. The van der Waals surface area contributed by atoms with Crippen LogP contribution in [0.1, 0.15) is 31.5 Å². The van der Waals surface area contributed by atoms with Gasteiger partial charge < -0.3 is 14.5 Å². The molecule has 1 aliphatic heterocycles. The Hall–Kier alpha value is -0.940. The Balaban J connectivity index is 1.83. The first-order valence-electron chi connectivity index (χ1n) is 4.90. The summed E-state index contributed by atoms with van der Waals surface area (Å²) in [6.45, 7) is 6.31. The molecule has 0 atom stereocenters. The van der Waals surface area contributed by atoms with E-state index < -0.39 is 0 Å². The lowest BCUT2D eigenvalue weighted by atomic mass is 10.2. The van der Waals surface area contributed by atoms with Crippen molar-refractivity contribution in [3.05, 3.63) is 11.8 Å². The zero-order valence-electron chi connectivity index (χ0n) is 8.49. The van der Waals surface area contributed by atoms with Crippen molar-refractivity contribution in [1.29, 1.82) is 0 Å². The highest BCUT2D eigenvalue weighted by Gasteiger charge is 2.18. The maximum Gasteiger partial charge on any atom is 0.242 e. The first-order chi connectivity index (χ1) is 6.75. The molecule has 78 valence electrons. The molecule has 14 heavy (non-hydrogen) atoms. The lowest BCUT2D eigenvalue weighted by Gasteiger charge is -2.26. The molecule has 0 spiro atoms. The quantitative estimate of drug-likeness (QED) is 0.769. The van der Waals surface area contributed by atoms with Gasteiger partial charge in [0.2, 0.25) is 11.8 Å². The molecule has 1 N–H and O–H groups in total. The van der Waals surface area contributed by atoms with Crippen molar-refractivity contribution in [1.82, 2.24) is 15.5 Å². The Kier molecular flexibility index (Phi) is 2.79. The fraction of sp³-hybridized carbons (Fsp3) is 0.778. The smallest absolute Gasteiger partial charge is 0.242 e. The van der Waals surface area contributed by atoms with Crippen molar-refractivity contribution < 1.29 is 9.15 Å². The van der Waals surface area contributed by atoms with Crippen LogP contribution in [0.3, 0.4) is 0 Å². The maximum absolute atomic E-state index is 5.50. The summed E-state index contributed by atoms with van der Waals surface area (Å²) in [6.07, 6.45) is 0.310. The number of hydrogen-bond acceptors (Lipinski definition) is 5. The van der Waals surface area contributed by atoms with Crippen LogP contribution in [0, 0.1) is 0 Å². The second-order valence-corrected chi connectivity index (χ2v) is 3.78. The Morgan fingerprint density at radius 1 is 1.50 bits per heavy atom. The van der Waals surface area contributed by atoms with Crippen LogP contribution >= 0.6 is 0 Å². The number of nitrogens with one attached hydrogen (secondary N) is 1. The van der Waals surface area contributed by atoms with Gasteiger partial charge in [0.05, 0.1) is 6.10 Å². The van der Waals surface area contributed by atoms with Gasteiger partial charge in [-0.25, -0.2) is 0 Å². The second-order valence-electron chi connectivity index (χ2n) is 3.78. The highest BCUT2D eigenvalue weighted by Crippen LogP contribution is 2.13. The van der Waals surface area contributed by atoms with Crippen LogP contribution in [-0.4, -0.2) is 29.4 Å². The van der Waals surface area contributed by atoms with E-state index in [0.29, 0.717) is 24.5 Å². The van der Waals surface area contributed by atoms with E-state index in [1.54, 1.807) is 0 Å². The SMILES string of the molecule is CC(C)c1nnc(COC2CNC2)o1. The Morgan fingerprint density at radius 3 is 2.79 bits per heavy atom. The van der Waals surface area contributed by atoms with E-state index in [9.17, 15) is 0 Å². The van der Waals surface area contributed by atoms with E-state index in [4.69, 9.17) is 9.15 Å². The molecule has 0 aliphatic carbocycles. The molecule has 0 amide bonds. The van der Waals surface area contributed by atoms with Crippen LogP contribution in [0.25, 0.3) is 0 Å². The summed E-state index contributed by atoms with van der Waals surface area (Å²) in [6, 6.07) is 0. The fourth-order valence-electron chi connectivity index (χ4n) is 1.13. The van der Waals surface area contributed by atoms with Crippen molar-refractivity contribution in [3.63, 3.8) is 0 Å². The second kappa shape index (κ2) is 4.06. The van der Waals surface area contributed by atoms with Crippen LogP contribution in [0.5, 0.6) is 0 Å². The predicted octanol–water partition coefficient (Wildman–Crippen LogP) is 0.681. The van der Waals surface area contributed by atoms with E-state index in [1.165, 1.54) is 0 Å². The first-order valence-corrected chi connectivity index (χ1v) is 4.90. The molecular weight excluding hydrogens is 182 g/mol. The molecule has 1 aliphatic rings. The lowest BCUT2D eigenvalue weighted by Crippen LogP contribution is -2.48. The van der Waals surface area contributed by atoms with Crippen molar-refractivity contribution in [3.8, 4) is 0 Å². The molecule has 0 saturated carbocycles. The summed E-state index contributed by atoms with van der Waals surface area (Å²) < 4.78 is 10.9. The lowest BCUT2D eigenvalue weighted by molar-refractivity contribution is -0.00253. The molecule has 5 heteroatoms. The van der Waals surface area contributed by atoms with Gasteiger partial charge in [-0.15, -0.1) is 10.2 Å². The highest BCUT2D eigenvalue weighted by atomic mass is 16.5. The maximum atomic E-state index is 5.50. The van der Waals surface area contributed by atoms with Crippen LogP contribution in [-0.2, 0) is 11.3 Å². The standard InChI is InChI=1S/C9H15N3O2/c1-6(2)9-12-11-8(14-9)5-13-7-3-10-4-7/h6-7,10H,3-5H2,1-2H3. The summed E-state index contributed by atoms with van der Waals surface area (Å²) in [5.41, 5.74) is 0. The average molecular weight is 197 g/mol. The molecule has 2 rings (SSSR count). The molecule has 1 aromatic rings. The largest absolute Gasteiger partial charge is 0.422 e. The van der Waals surface area contributed by atoms with Gasteiger partial charge in [0.1, 0.15) is 6.61 Å². The van der Waals surface area contributed by atoms with Crippen molar-refractivity contribution >= 4 is 0 Å². The average Bonchev–Trinajstić information content (AvgIpc) is 2.50. The molecular formula is C9H15N3O2. The Bertz CT molecular complexity index is 294. The highest BCUT2D eigenvalue weighted by molar-refractivity contribution is 4.86. The number of rotatable bonds is 4. The summed E-state index contributed by atoms with van der Waals surface area (Å²) in [4.78, 5) is 0. The van der Waals surface area contributed by atoms with Crippen LogP contribution in [0.4, 0.5) is 0 Å². The third kappa shape index (κ3) is 2.10. The van der Waals surface area contributed by atoms with Crippen molar-refractivity contribution in [2.24, 2.45) is 0 Å². The third-order valence-electron chi connectivity index (χ3n) is 2.16. The molecule has 0 radical (unpaired) electrons. The summed E-state index contributed by atoms with van der Waals surface area (Å²) in [7, 11) is 0. The zero-order chi connectivity index (χ0) is 9.97. The fourth-order valence-corrected chi connectivity index (χ4v) is 1.13. The van der Waals surface area contributed by atoms with Crippen LogP contribution < -0.4 is 5.32 Å². The first kappa shape index (κ1) is 9.61. The number of ether oxygens (including phenoxy) is 1. The van der Waals surface area contributed by atoms with Crippen LogP contribution in [0.15, 0.2) is 4.42 Å². The van der Waals surface area contributed by atoms with Crippen molar-refractivity contribution in [2.45, 2.75) is 32.5 Å². The van der Waals surface area contributed by atoms with Gasteiger partial charge in [0.15, 0.2) is 0 Å². The van der Waals surface area contributed by atoms with E-state index >= 15 is 0 Å². The number of nitrogens with zero attached hydrogens (tertiary/aromatic N) is 2. The minimum absolute atomic E-state index is 0.279. The monoisotopic (exact) mass is 197 g/mol. The summed E-state index contributed by atoms with van der Waals surface area (Å²) >= 11 is 0. The van der Waals surface area contributed by atoms with Gasteiger partial charge in [0.25, 0.3) is 0 Å². The van der Waals surface area contributed by atoms with Crippen molar-refractivity contribution in [2.75, 3.05) is 13.1 Å². The Labute approximate surface area is 82.8 Å². The van der Waals surface area contributed by atoms with E-state index in [0.717, 1.165) is 13.1 Å². The van der Waals surface area contributed by atoms with Gasteiger partial charge in [-0.3, -0.25) is 0 Å². The van der Waals surface area contributed by atoms with Gasteiger partial charge >= 0.3 is 0 Å². The van der Waals surface area contributed by atoms with Gasteiger partial charge in [-0.1, -0.05) is 13.8 Å². The van der Waals surface area contributed by atoms with Gasteiger partial charge in [-0.2, -0.15) is 0 Å². The Morgan fingerprint density at radius 2 is 2.29 bits per heavy atom. The summed E-state index contributed by atoms with van der Waals surface area (Å²) in [5.74, 6) is 1.53. The van der Waals surface area contributed by atoms with E-state index in [1.807, 2.05) is 13.8 Å². The van der Waals surface area contributed by atoms with Crippen LogP contribution in [0.2, 0.25) is 0 Å². The molecule has 0 bridgehead atoms. The molecule has 0 unspecified atom stereocenters.